The Morgan fingerprint density at radius 2 is 2.10 bits per heavy atom. The Labute approximate surface area is 58.8 Å². The Morgan fingerprint density at radius 3 is 2.20 bits per heavy atom. The average molecular weight is 147 g/mol. The predicted molar refractivity (Wildman–Crippen MR) is 34.0 cm³/mol. The van der Waals surface area contributed by atoms with E-state index in [2.05, 4.69) is 5.32 Å². The number of hydrogen-bond donors (Lipinski definition) is 1. The highest BCUT2D eigenvalue weighted by atomic mass is 19.3. The number of hydrogen-bond acceptors (Lipinski definition) is 1. The van der Waals surface area contributed by atoms with E-state index in [1.54, 1.807) is 0 Å². The first-order chi connectivity index (χ1) is 4.65. The van der Waals surface area contributed by atoms with E-state index in [9.17, 15) is 8.78 Å². The van der Waals surface area contributed by atoms with E-state index in [-0.39, 0.29) is 5.92 Å². The third-order valence-electron chi connectivity index (χ3n) is 2.97. The van der Waals surface area contributed by atoms with Crippen molar-refractivity contribution in [1.29, 1.82) is 0 Å². The summed E-state index contributed by atoms with van der Waals surface area (Å²) in [5, 5.41) is 2.90. The van der Waals surface area contributed by atoms with Gasteiger partial charge in [0.25, 0.3) is 5.92 Å². The van der Waals surface area contributed by atoms with Crippen molar-refractivity contribution < 1.29 is 8.78 Å². The van der Waals surface area contributed by atoms with Gasteiger partial charge in [-0.25, -0.2) is 8.78 Å². The lowest BCUT2D eigenvalue weighted by Gasteiger charge is -2.27. The highest BCUT2D eigenvalue weighted by molar-refractivity contribution is 5.23. The molecule has 1 unspecified atom stereocenters. The molecule has 0 bridgehead atoms. The number of alkyl halides is 2. The molecule has 1 atom stereocenters. The van der Waals surface area contributed by atoms with E-state index in [1.165, 1.54) is 0 Å². The first-order valence-electron chi connectivity index (χ1n) is 3.73. The van der Waals surface area contributed by atoms with Crippen LogP contribution in [0.1, 0.15) is 13.3 Å². The lowest BCUT2D eigenvalue weighted by molar-refractivity contribution is 0.0382. The van der Waals surface area contributed by atoms with Crippen LogP contribution in [0.4, 0.5) is 8.78 Å². The molecule has 1 aliphatic carbocycles. The van der Waals surface area contributed by atoms with Gasteiger partial charge in [0.2, 0.25) is 0 Å². The molecule has 0 aromatic heterocycles. The zero-order chi connectivity index (χ0) is 7.41. The molecule has 0 aromatic carbocycles. The van der Waals surface area contributed by atoms with Gasteiger partial charge in [0.05, 0.1) is 5.41 Å². The molecule has 3 heteroatoms. The molecule has 1 nitrogen and oxygen atoms in total. The average Bonchev–Trinajstić information content (AvgIpc) is 2.25. The molecule has 1 heterocycles. The number of nitrogens with one attached hydrogen (secondary N) is 1. The lowest BCUT2D eigenvalue weighted by atomic mass is 9.95. The fourth-order valence-electron chi connectivity index (χ4n) is 2.11. The summed E-state index contributed by atoms with van der Waals surface area (Å²) in [7, 11) is 0. The van der Waals surface area contributed by atoms with Crippen LogP contribution in [0.5, 0.6) is 0 Å². The molecule has 1 aliphatic heterocycles. The smallest absolute Gasteiger partial charge is 0.260 e. The molecular formula is C7H11F2N. The van der Waals surface area contributed by atoms with Crippen LogP contribution in [0.2, 0.25) is 0 Å². The molecule has 0 radical (unpaired) electrons. The molecule has 2 rings (SSSR count). The van der Waals surface area contributed by atoms with E-state index < -0.39 is 11.3 Å². The van der Waals surface area contributed by atoms with E-state index in [4.69, 9.17) is 0 Å². The highest BCUT2D eigenvalue weighted by Gasteiger charge is 2.81. The maximum Gasteiger partial charge on any atom is 0.260 e. The summed E-state index contributed by atoms with van der Waals surface area (Å²) in [6, 6.07) is 0. The molecule has 1 N–H and O–H groups in total. The van der Waals surface area contributed by atoms with Gasteiger partial charge >= 0.3 is 0 Å². The third kappa shape index (κ3) is 0.438. The molecule has 2 fully saturated rings. The Kier molecular flexibility index (Phi) is 0.994. The van der Waals surface area contributed by atoms with Gasteiger partial charge in [-0.3, -0.25) is 0 Å². The van der Waals surface area contributed by atoms with Crippen LogP contribution in [0.15, 0.2) is 0 Å². The second-order valence-corrected chi connectivity index (χ2v) is 3.34. The van der Waals surface area contributed by atoms with Crippen molar-refractivity contribution in [3.05, 3.63) is 0 Å². The van der Waals surface area contributed by atoms with Crippen molar-refractivity contribution in [2.24, 2.45) is 11.3 Å². The van der Waals surface area contributed by atoms with E-state index in [0.717, 1.165) is 0 Å². The van der Waals surface area contributed by atoms with Crippen LogP contribution >= 0.6 is 0 Å². The van der Waals surface area contributed by atoms with E-state index >= 15 is 0 Å². The fraction of sp³-hybridized carbons (Fsp3) is 1.00. The van der Waals surface area contributed by atoms with E-state index in [0.29, 0.717) is 19.5 Å². The number of rotatable bonds is 1. The summed E-state index contributed by atoms with van der Waals surface area (Å²) in [4.78, 5) is 0. The van der Waals surface area contributed by atoms with Crippen molar-refractivity contribution in [1.82, 2.24) is 5.32 Å². The zero-order valence-corrected chi connectivity index (χ0v) is 5.95. The van der Waals surface area contributed by atoms with Crippen molar-refractivity contribution in [3.63, 3.8) is 0 Å². The zero-order valence-electron chi connectivity index (χ0n) is 5.95. The topological polar surface area (TPSA) is 12.0 Å². The predicted octanol–water partition coefficient (Wildman–Crippen LogP) is 1.25. The van der Waals surface area contributed by atoms with Crippen LogP contribution in [-0.4, -0.2) is 19.0 Å². The fourth-order valence-corrected chi connectivity index (χ4v) is 2.11. The van der Waals surface area contributed by atoms with Crippen molar-refractivity contribution in [2.45, 2.75) is 19.3 Å². The number of halogens is 2. The standard InChI is InChI=1S/C7H11F2N/c1-2-5-6(3-10-4-6)7(5,8)9/h5,10H,2-4H2,1H3. The molecule has 10 heavy (non-hydrogen) atoms. The van der Waals surface area contributed by atoms with Gasteiger partial charge in [-0.15, -0.1) is 0 Å². The monoisotopic (exact) mass is 147 g/mol. The Hall–Kier alpha value is -0.180. The summed E-state index contributed by atoms with van der Waals surface area (Å²) in [5.74, 6) is -2.69. The minimum absolute atomic E-state index is 0.332. The van der Waals surface area contributed by atoms with Crippen LogP contribution in [-0.2, 0) is 0 Å². The van der Waals surface area contributed by atoms with Gasteiger partial charge in [0.15, 0.2) is 0 Å². The maximum absolute atomic E-state index is 12.9. The maximum atomic E-state index is 12.9. The first kappa shape index (κ1) is 6.53. The summed E-state index contributed by atoms with van der Waals surface area (Å²) in [5.41, 5.74) is -0.609. The van der Waals surface area contributed by atoms with Crippen LogP contribution in [0, 0.1) is 11.3 Å². The van der Waals surface area contributed by atoms with Crippen LogP contribution < -0.4 is 5.32 Å². The Balaban J connectivity index is 2.14. The summed E-state index contributed by atoms with van der Waals surface area (Å²) in [6.07, 6.45) is 0.620. The minimum atomic E-state index is -2.35. The van der Waals surface area contributed by atoms with Crippen LogP contribution in [0.3, 0.4) is 0 Å². The third-order valence-corrected chi connectivity index (χ3v) is 2.97. The van der Waals surface area contributed by atoms with Gasteiger partial charge in [0.1, 0.15) is 0 Å². The Morgan fingerprint density at radius 1 is 1.50 bits per heavy atom. The summed E-state index contributed by atoms with van der Waals surface area (Å²) >= 11 is 0. The highest BCUT2D eigenvalue weighted by Crippen LogP contribution is 2.69. The lowest BCUT2D eigenvalue weighted by Crippen LogP contribution is -2.48. The molecule has 0 aromatic rings. The summed E-state index contributed by atoms with van der Waals surface area (Å²) < 4.78 is 25.7. The van der Waals surface area contributed by atoms with E-state index in [1.807, 2.05) is 6.92 Å². The van der Waals surface area contributed by atoms with Gasteiger partial charge in [-0.2, -0.15) is 0 Å². The molecule has 2 aliphatic rings. The molecule has 0 amide bonds. The normalized spacial score (nSPS) is 39.3. The van der Waals surface area contributed by atoms with Crippen molar-refractivity contribution in [3.8, 4) is 0 Å². The molecule has 58 valence electrons. The molecular weight excluding hydrogens is 136 g/mol. The van der Waals surface area contributed by atoms with Crippen molar-refractivity contribution >= 4 is 0 Å². The second kappa shape index (κ2) is 1.52. The summed E-state index contributed by atoms with van der Waals surface area (Å²) in [6.45, 7) is 2.89. The van der Waals surface area contributed by atoms with Crippen LogP contribution in [0.25, 0.3) is 0 Å². The first-order valence-corrected chi connectivity index (χ1v) is 3.73. The second-order valence-electron chi connectivity index (χ2n) is 3.34. The van der Waals surface area contributed by atoms with Crippen molar-refractivity contribution in [2.75, 3.05) is 13.1 Å². The quantitative estimate of drug-likeness (QED) is 0.588. The molecule has 1 saturated carbocycles. The van der Waals surface area contributed by atoms with Gasteiger partial charge in [0, 0.05) is 19.0 Å². The van der Waals surface area contributed by atoms with Gasteiger partial charge in [-0.1, -0.05) is 6.92 Å². The Bertz CT molecular complexity index is 163. The molecule has 1 spiro atoms. The largest absolute Gasteiger partial charge is 0.315 e. The SMILES string of the molecule is CCC1C(F)(F)C12CNC2. The van der Waals surface area contributed by atoms with Gasteiger partial charge < -0.3 is 5.32 Å². The van der Waals surface area contributed by atoms with Gasteiger partial charge in [-0.05, 0) is 6.42 Å². The molecule has 1 saturated heterocycles. The minimum Gasteiger partial charge on any atom is -0.315 e.